The summed E-state index contributed by atoms with van der Waals surface area (Å²) >= 11 is 0. The molecule has 1 rings (SSSR count). The van der Waals surface area contributed by atoms with Crippen LogP contribution in [-0.2, 0) is 19.3 Å². The van der Waals surface area contributed by atoms with Crippen LogP contribution in [-0.4, -0.2) is 15.0 Å². The summed E-state index contributed by atoms with van der Waals surface area (Å²) in [5.41, 5.74) is 0. The van der Waals surface area contributed by atoms with Gasteiger partial charge in [0, 0.05) is 19.3 Å². The zero-order valence-corrected chi connectivity index (χ0v) is 21.8. The van der Waals surface area contributed by atoms with Crippen molar-refractivity contribution in [3.8, 4) is 0 Å². The van der Waals surface area contributed by atoms with E-state index in [4.69, 9.17) is 15.0 Å². The first-order valence-corrected chi connectivity index (χ1v) is 14.3. The van der Waals surface area contributed by atoms with Gasteiger partial charge in [0.15, 0.2) is 0 Å². The van der Waals surface area contributed by atoms with E-state index in [1.54, 1.807) is 0 Å². The normalized spacial score (nSPS) is 11.3. The van der Waals surface area contributed by atoms with Gasteiger partial charge >= 0.3 is 0 Å². The van der Waals surface area contributed by atoms with Gasteiger partial charge in [0.05, 0.1) is 0 Å². The zero-order chi connectivity index (χ0) is 23.1. The Hall–Kier alpha value is -0.990. The molecule has 0 aliphatic rings. The molecule has 1 heterocycles. The third kappa shape index (κ3) is 16.6. The van der Waals surface area contributed by atoms with Crippen LogP contribution in [0.2, 0.25) is 0 Å². The van der Waals surface area contributed by atoms with Gasteiger partial charge in [0.2, 0.25) is 0 Å². The van der Waals surface area contributed by atoms with Crippen LogP contribution in [0.25, 0.3) is 0 Å². The van der Waals surface area contributed by atoms with Gasteiger partial charge in [-0.05, 0) is 19.3 Å². The van der Waals surface area contributed by atoms with Crippen LogP contribution >= 0.6 is 0 Å². The van der Waals surface area contributed by atoms with Gasteiger partial charge in [0.25, 0.3) is 0 Å². The van der Waals surface area contributed by atoms with Crippen LogP contribution in [0, 0.1) is 6.92 Å². The maximum atomic E-state index is 4.84. The number of aryl methyl sites for hydroxylation is 3. The quantitative estimate of drug-likeness (QED) is 0.158. The van der Waals surface area contributed by atoms with Crippen LogP contribution in [0.4, 0.5) is 0 Å². The molecule has 0 bridgehead atoms. The molecule has 0 fully saturated rings. The predicted molar refractivity (Wildman–Crippen MR) is 140 cm³/mol. The molecular weight excluding hydrogens is 390 g/mol. The molecule has 1 radical (unpaired) electrons. The Labute approximate surface area is 201 Å². The van der Waals surface area contributed by atoms with Crippen LogP contribution in [0.5, 0.6) is 0 Å². The molecular formula is C29H54N3. The molecule has 1 aromatic rings. The molecule has 3 heteroatoms. The maximum Gasteiger partial charge on any atom is 0.132 e. The lowest BCUT2D eigenvalue weighted by atomic mass is 10.1. The molecule has 0 aliphatic carbocycles. The van der Waals surface area contributed by atoms with E-state index >= 15 is 0 Å². The largest absolute Gasteiger partial charge is 0.218 e. The molecule has 1 aromatic heterocycles. The summed E-state index contributed by atoms with van der Waals surface area (Å²) in [6.07, 6.45) is 29.5. The second kappa shape index (κ2) is 21.8. The summed E-state index contributed by atoms with van der Waals surface area (Å²) in [5.74, 6) is 3.07. The van der Waals surface area contributed by atoms with Crippen LogP contribution < -0.4 is 0 Å². The summed E-state index contributed by atoms with van der Waals surface area (Å²) < 4.78 is 0. The minimum atomic E-state index is 0.946. The molecule has 0 aliphatic heterocycles. The van der Waals surface area contributed by atoms with Crippen LogP contribution in [0.15, 0.2) is 0 Å². The lowest BCUT2D eigenvalue weighted by Gasteiger charge is -2.08. The molecule has 0 N–H and O–H groups in total. The Morgan fingerprint density at radius 1 is 0.406 bits per heavy atom. The van der Waals surface area contributed by atoms with Crippen molar-refractivity contribution in [3.05, 3.63) is 24.4 Å². The number of aromatic nitrogens is 3. The molecule has 0 spiro atoms. The van der Waals surface area contributed by atoms with Crippen molar-refractivity contribution in [1.82, 2.24) is 15.0 Å². The zero-order valence-electron chi connectivity index (χ0n) is 21.8. The van der Waals surface area contributed by atoms with E-state index in [-0.39, 0.29) is 0 Å². The Kier molecular flexibility index (Phi) is 19.8. The highest BCUT2D eigenvalue weighted by Crippen LogP contribution is 2.13. The second-order valence-electron chi connectivity index (χ2n) is 9.70. The standard InChI is InChI=1S/C29H54N3/c1-4-7-10-12-14-16-18-20-22-25-28-30-27(24-9-6-3)31-29(32-28)26-23-21-19-17-15-13-11-8-5-2/h3-26H2,1-2H3. The van der Waals surface area contributed by atoms with E-state index in [1.807, 2.05) is 0 Å². The fraction of sp³-hybridized carbons (Fsp3) is 0.862. The predicted octanol–water partition coefficient (Wildman–Crippen LogP) is 9.17. The molecule has 0 unspecified atom stereocenters. The van der Waals surface area contributed by atoms with Gasteiger partial charge in [-0.1, -0.05) is 130 Å². The summed E-state index contributed by atoms with van der Waals surface area (Å²) in [5, 5.41) is 0. The van der Waals surface area contributed by atoms with Crippen molar-refractivity contribution in [2.24, 2.45) is 0 Å². The van der Waals surface area contributed by atoms with Gasteiger partial charge in [0.1, 0.15) is 17.5 Å². The third-order valence-corrected chi connectivity index (χ3v) is 6.43. The molecule has 0 saturated heterocycles. The Bertz CT molecular complexity index is 489. The highest BCUT2D eigenvalue weighted by Gasteiger charge is 2.07. The van der Waals surface area contributed by atoms with Gasteiger partial charge < -0.3 is 0 Å². The van der Waals surface area contributed by atoms with Gasteiger partial charge in [-0.15, -0.1) is 0 Å². The summed E-state index contributed by atoms with van der Waals surface area (Å²) in [7, 11) is 0. The smallest absolute Gasteiger partial charge is 0.132 e. The van der Waals surface area contributed by atoms with Crippen molar-refractivity contribution in [3.63, 3.8) is 0 Å². The minimum Gasteiger partial charge on any atom is -0.218 e. The van der Waals surface area contributed by atoms with E-state index in [1.165, 1.54) is 116 Å². The Balaban J connectivity index is 2.29. The van der Waals surface area contributed by atoms with E-state index in [0.717, 1.165) is 49.6 Å². The highest BCUT2D eigenvalue weighted by molar-refractivity contribution is 4.99. The fourth-order valence-corrected chi connectivity index (χ4v) is 4.33. The van der Waals surface area contributed by atoms with E-state index in [0.29, 0.717) is 0 Å². The molecule has 0 atom stereocenters. The average Bonchev–Trinajstić information content (AvgIpc) is 2.80. The van der Waals surface area contributed by atoms with Gasteiger partial charge in [-0.25, -0.2) is 15.0 Å². The monoisotopic (exact) mass is 444 g/mol. The Morgan fingerprint density at radius 3 is 1.00 bits per heavy atom. The number of hydrogen-bond acceptors (Lipinski definition) is 3. The first-order valence-electron chi connectivity index (χ1n) is 14.3. The minimum absolute atomic E-state index is 0.946. The summed E-state index contributed by atoms with van der Waals surface area (Å²) in [4.78, 5) is 14.4. The van der Waals surface area contributed by atoms with Gasteiger partial charge in [-0.3, -0.25) is 0 Å². The second-order valence-corrected chi connectivity index (χ2v) is 9.70. The molecule has 0 saturated carbocycles. The average molecular weight is 445 g/mol. The molecule has 185 valence electrons. The van der Waals surface area contributed by atoms with Crippen LogP contribution in [0.3, 0.4) is 0 Å². The number of hydrogen-bond donors (Lipinski definition) is 0. The van der Waals surface area contributed by atoms with Crippen molar-refractivity contribution >= 4 is 0 Å². The summed E-state index contributed by atoms with van der Waals surface area (Å²) in [6, 6.07) is 0. The lowest BCUT2D eigenvalue weighted by molar-refractivity contribution is 0.555. The molecule has 0 amide bonds. The van der Waals surface area contributed by atoms with Crippen molar-refractivity contribution in [2.75, 3.05) is 0 Å². The van der Waals surface area contributed by atoms with E-state index in [9.17, 15) is 0 Å². The van der Waals surface area contributed by atoms with Crippen molar-refractivity contribution in [2.45, 2.75) is 162 Å². The molecule has 32 heavy (non-hydrogen) atoms. The van der Waals surface area contributed by atoms with Crippen molar-refractivity contribution in [1.29, 1.82) is 0 Å². The van der Waals surface area contributed by atoms with E-state index < -0.39 is 0 Å². The highest BCUT2D eigenvalue weighted by atomic mass is 15.0. The lowest BCUT2D eigenvalue weighted by Crippen LogP contribution is -2.08. The molecule has 0 aromatic carbocycles. The number of unbranched alkanes of at least 4 members (excludes halogenated alkanes) is 17. The first-order chi connectivity index (χ1) is 15.8. The fourth-order valence-electron chi connectivity index (χ4n) is 4.33. The third-order valence-electron chi connectivity index (χ3n) is 6.43. The summed E-state index contributed by atoms with van der Waals surface area (Å²) in [6.45, 7) is 8.55. The Morgan fingerprint density at radius 2 is 0.688 bits per heavy atom. The van der Waals surface area contributed by atoms with Crippen LogP contribution in [0.1, 0.15) is 160 Å². The van der Waals surface area contributed by atoms with Gasteiger partial charge in [-0.2, -0.15) is 0 Å². The molecule has 3 nitrogen and oxygen atoms in total. The topological polar surface area (TPSA) is 38.7 Å². The number of nitrogens with zero attached hydrogens (tertiary/aromatic N) is 3. The number of rotatable bonds is 23. The SMILES string of the molecule is [CH2]CCCc1nc(CCCCCCCCCCC)nc(CCCCCCCCCCC)n1. The van der Waals surface area contributed by atoms with Crippen molar-refractivity contribution < 1.29 is 0 Å². The maximum absolute atomic E-state index is 4.84. The first kappa shape index (κ1) is 29.0. The van der Waals surface area contributed by atoms with E-state index in [2.05, 4.69) is 20.8 Å².